The van der Waals surface area contributed by atoms with Crippen LogP contribution in [0.15, 0.2) is 16.8 Å². The summed E-state index contributed by atoms with van der Waals surface area (Å²) in [6.07, 6.45) is 5.46. The normalized spacial score (nSPS) is 25.5. The second-order valence-electron chi connectivity index (χ2n) is 6.31. The number of piperidine rings is 1. The second kappa shape index (κ2) is 5.77. The van der Waals surface area contributed by atoms with Gasteiger partial charge >= 0.3 is 0 Å². The molecule has 0 radical (unpaired) electrons. The first-order chi connectivity index (χ1) is 10.1. The molecule has 3 heterocycles. The number of aromatic nitrogens is 1. The minimum atomic E-state index is -0.0673. The molecule has 1 spiro atoms. The van der Waals surface area contributed by atoms with E-state index in [4.69, 9.17) is 9.26 Å². The number of amides is 1. The van der Waals surface area contributed by atoms with Crippen molar-refractivity contribution in [3.8, 4) is 0 Å². The second-order valence-corrected chi connectivity index (χ2v) is 6.31. The lowest BCUT2D eigenvalue weighted by Gasteiger charge is -2.47. The highest BCUT2D eigenvalue weighted by Gasteiger charge is 2.42. The van der Waals surface area contributed by atoms with Crippen LogP contribution < -0.4 is 0 Å². The average Bonchev–Trinajstić information content (AvgIpc) is 3.02. The first-order valence-corrected chi connectivity index (χ1v) is 7.60. The van der Waals surface area contributed by atoms with Gasteiger partial charge in [-0.2, -0.15) is 0 Å². The van der Waals surface area contributed by atoms with Crippen molar-refractivity contribution < 1.29 is 14.1 Å². The summed E-state index contributed by atoms with van der Waals surface area (Å²) >= 11 is 0. The third-order valence-electron chi connectivity index (χ3n) is 4.81. The van der Waals surface area contributed by atoms with Crippen molar-refractivity contribution in [2.75, 3.05) is 33.8 Å². The Morgan fingerprint density at radius 2 is 2.19 bits per heavy atom. The number of likely N-dealkylation sites (tertiary alicyclic amines) is 1. The van der Waals surface area contributed by atoms with Crippen molar-refractivity contribution in [1.82, 2.24) is 15.0 Å². The fourth-order valence-electron chi connectivity index (χ4n) is 3.39. The van der Waals surface area contributed by atoms with Gasteiger partial charge in [0.15, 0.2) is 0 Å². The van der Waals surface area contributed by atoms with Crippen molar-refractivity contribution in [2.24, 2.45) is 0 Å². The SMILES string of the molecule is CN(C)[C@@H]1CCOC2(CCN(C(=O)c3ccno3)CC2)C1. The van der Waals surface area contributed by atoms with E-state index in [-0.39, 0.29) is 11.5 Å². The van der Waals surface area contributed by atoms with Crippen LogP contribution >= 0.6 is 0 Å². The molecule has 6 nitrogen and oxygen atoms in total. The van der Waals surface area contributed by atoms with Crippen LogP contribution in [-0.4, -0.2) is 66.3 Å². The maximum atomic E-state index is 12.2. The highest BCUT2D eigenvalue weighted by molar-refractivity contribution is 5.91. The summed E-state index contributed by atoms with van der Waals surface area (Å²) in [7, 11) is 4.26. The highest BCUT2D eigenvalue weighted by atomic mass is 16.5. The lowest BCUT2D eigenvalue weighted by Crippen LogP contribution is -2.53. The molecule has 21 heavy (non-hydrogen) atoms. The molecule has 1 atom stereocenters. The van der Waals surface area contributed by atoms with Gasteiger partial charge in [0.1, 0.15) is 0 Å². The zero-order chi connectivity index (χ0) is 14.9. The Morgan fingerprint density at radius 3 is 2.81 bits per heavy atom. The quantitative estimate of drug-likeness (QED) is 0.824. The average molecular weight is 293 g/mol. The van der Waals surface area contributed by atoms with Gasteiger partial charge in [0.05, 0.1) is 11.8 Å². The Kier molecular flexibility index (Phi) is 3.99. The monoisotopic (exact) mass is 293 g/mol. The summed E-state index contributed by atoms with van der Waals surface area (Å²) in [5, 5.41) is 3.60. The van der Waals surface area contributed by atoms with Gasteiger partial charge in [0.2, 0.25) is 5.76 Å². The maximum absolute atomic E-state index is 12.2. The summed E-state index contributed by atoms with van der Waals surface area (Å²) in [6, 6.07) is 2.20. The predicted octanol–water partition coefficient (Wildman–Crippen LogP) is 1.39. The largest absolute Gasteiger partial charge is 0.375 e. The first-order valence-electron chi connectivity index (χ1n) is 7.60. The van der Waals surface area contributed by atoms with Crippen LogP contribution in [0.4, 0.5) is 0 Å². The number of carbonyl (C=O) groups is 1. The molecule has 2 aliphatic rings. The number of ether oxygens (including phenoxy) is 1. The summed E-state index contributed by atoms with van der Waals surface area (Å²) in [5.41, 5.74) is -0.0502. The van der Waals surface area contributed by atoms with E-state index in [0.29, 0.717) is 11.8 Å². The third-order valence-corrected chi connectivity index (χ3v) is 4.81. The lowest BCUT2D eigenvalue weighted by molar-refractivity contribution is -0.126. The molecule has 0 saturated carbocycles. The fourth-order valence-corrected chi connectivity index (χ4v) is 3.39. The maximum Gasteiger partial charge on any atom is 0.292 e. The number of carbonyl (C=O) groups excluding carboxylic acids is 1. The van der Waals surface area contributed by atoms with Crippen LogP contribution in [-0.2, 0) is 4.74 Å². The van der Waals surface area contributed by atoms with E-state index in [9.17, 15) is 4.79 Å². The molecule has 0 bridgehead atoms. The van der Waals surface area contributed by atoms with Crippen LogP contribution in [0.2, 0.25) is 0 Å². The number of hydrogen-bond donors (Lipinski definition) is 0. The van der Waals surface area contributed by atoms with Gasteiger partial charge in [0, 0.05) is 31.8 Å². The number of rotatable bonds is 2. The molecule has 2 saturated heterocycles. The molecule has 1 aromatic heterocycles. The minimum Gasteiger partial charge on any atom is -0.375 e. The molecule has 0 unspecified atom stereocenters. The number of nitrogens with zero attached hydrogens (tertiary/aromatic N) is 3. The van der Waals surface area contributed by atoms with Gasteiger partial charge in [0.25, 0.3) is 5.91 Å². The van der Waals surface area contributed by atoms with Gasteiger partial charge in [-0.3, -0.25) is 4.79 Å². The molecule has 3 rings (SSSR count). The molecule has 0 aromatic carbocycles. The number of hydrogen-bond acceptors (Lipinski definition) is 5. The summed E-state index contributed by atoms with van der Waals surface area (Å²) in [4.78, 5) is 16.4. The van der Waals surface area contributed by atoms with Crippen molar-refractivity contribution in [2.45, 2.75) is 37.3 Å². The summed E-state index contributed by atoms with van der Waals surface area (Å²) < 4.78 is 11.1. The molecule has 0 aliphatic carbocycles. The molecule has 1 amide bonds. The van der Waals surface area contributed by atoms with Gasteiger partial charge in [-0.25, -0.2) is 0 Å². The van der Waals surface area contributed by atoms with E-state index in [1.165, 1.54) is 6.20 Å². The Bertz CT molecular complexity index is 478. The fraction of sp³-hybridized carbons (Fsp3) is 0.733. The van der Waals surface area contributed by atoms with Crippen LogP contribution in [0.1, 0.15) is 36.2 Å². The molecular formula is C15H23N3O3. The van der Waals surface area contributed by atoms with Gasteiger partial charge in [-0.05, 0) is 39.8 Å². The zero-order valence-corrected chi connectivity index (χ0v) is 12.7. The van der Waals surface area contributed by atoms with E-state index < -0.39 is 0 Å². The molecular weight excluding hydrogens is 270 g/mol. The Hall–Kier alpha value is -1.40. The zero-order valence-electron chi connectivity index (χ0n) is 12.7. The molecule has 1 aromatic rings. The molecule has 6 heteroatoms. The summed E-state index contributed by atoms with van der Waals surface area (Å²) in [6.45, 7) is 2.26. The van der Waals surface area contributed by atoms with Crippen LogP contribution in [0.3, 0.4) is 0 Å². The lowest BCUT2D eigenvalue weighted by atomic mass is 9.82. The van der Waals surface area contributed by atoms with E-state index >= 15 is 0 Å². The molecule has 2 aliphatic heterocycles. The molecule has 116 valence electrons. The van der Waals surface area contributed by atoms with Gasteiger partial charge < -0.3 is 19.1 Å². The standard InChI is InChI=1S/C15H23N3O3/c1-17(2)12-4-10-20-15(11-12)5-8-18(9-6-15)14(19)13-3-7-16-21-13/h3,7,12H,4-6,8-11H2,1-2H3/t12-/m1/s1. The predicted molar refractivity (Wildman–Crippen MR) is 77.0 cm³/mol. The summed E-state index contributed by atoms with van der Waals surface area (Å²) in [5.74, 6) is 0.254. The molecule has 0 N–H and O–H groups in total. The van der Waals surface area contributed by atoms with Crippen LogP contribution in [0, 0.1) is 0 Å². The highest BCUT2D eigenvalue weighted by Crippen LogP contribution is 2.36. The van der Waals surface area contributed by atoms with E-state index in [0.717, 1.165) is 45.4 Å². The Balaban J connectivity index is 1.61. The van der Waals surface area contributed by atoms with Crippen LogP contribution in [0.25, 0.3) is 0 Å². The van der Waals surface area contributed by atoms with E-state index in [1.54, 1.807) is 6.07 Å². The third kappa shape index (κ3) is 2.96. The van der Waals surface area contributed by atoms with Crippen molar-refractivity contribution in [3.05, 3.63) is 18.0 Å². The van der Waals surface area contributed by atoms with Gasteiger partial charge in [-0.1, -0.05) is 5.16 Å². The molecule has 2 fully saturated rings. The van der Waals surface area contributed by atoms with Gasteiger partial charge in [-0.15, -0.1) is 0 Å². The van der Waals surface area contributed by atoms with Crippen molar-refractivity contribution >= 4 is 5.91 Å². The topological polar surface area (TPSA) is 58.8 Å². The smallest absolute Gasteiger partial charge is 0.292 e. The van der Waals surface area contributed by atoms with E-state index in [1.807, 2.05) is 4.90 Å². The minimum absolute atomic E-state index is 0.0502. The Labute approximate surface area is 125 Å². The van der Waals surface area contributed by atoms with Crippen molar-refractivity contribution in [1.29, 1.82) is 0 Å². The van der Waals surface area contributed by atoms with Crippen molar-refractivity contribution in [3.63, 3.8) is 0 Å². The Morgan fingerprint density at radius 1 is 1.43 bits per heavy atom. The first kappa shape index (κ1) is 14.5. The van der Waals surface area contributed by atoms with E-state index in [2.05, 4.69) is 24.2 Å². The van der Waals surface area contributed by atoms with Crippen LogP contribution in [0.5, 0.6) is 0 Å².